The lowest BCUT2D eigenvalue weighted by atomic mass is 10.0. The molecule has 3 aromatic rings. The Morgan fingerprint density at radius 2 is 1.84 bits per heavy atom. The number of carbonyl (C=O) groups is 1. The summed E-state index contributed by atoms with van der Waals surface area (Å²) in [5.74, 6) is 1.97. The van der Waals surface area contributed by atoms with E-state index in [9.17, 15) is 4.79 Å². The molecule has 1 aromatic heterocycles. The molecule has 0 aliphatic carbocycles. The molecule has 1 fully saturated rings. The largest absolute Gasteiger partial charge is 0.495 e. The highest BCUT2D eigenvalue weighted by Gasteiger charge is 2.23. The van der Waals surface area contributed by atoms with Gasteiger partial charge in [0.25, 0.3) is 5.91 Å². The van der Waals surface area contributed by atoms with Gasteiger partial charge in [0.1, 0.15) is 11.6 Å². The van der Waals surface area contributed by atoms with E-state index in [1.165, 1.54) is 0 Å². The number of hydrogen-bond acceptors (Lipinski definition) is 6. The summed E-state index contributed by atoms with van der Waals surface area (Å²) in [4.78, 5) is 23.7. The lowest BCUT2D eigenvalue weighted by Crippen LogP contribution is -2.45. The standard InChI is InChI=1S/C23H24ClN5O2/c1-31-20-9-5-4-8-19(20)27-21-10-13-25-23(28-21)29-14-11-16(12-15-29)26-22(30)17-6-2-3-7-18(17)24/h2-10,13,16H,11-12,14-15H2,1H3,(H,26,30)(H,25,27,28). The van der Waals surface area contributed by atoms with E-state index in [0.717, 1.165) is 37.4 Å². The zero-order valence-electron chi connectivity index (χ0n) is 17.2. The molecule has 0 atom stereocenters. The zero-order valence-corrected chi connectivity index (χ0v) is 18.0. The lowest BCUT2D eigenvalue weighted by molar-refractivity contribution is 0.0931. The van der Waals surface area contributed by atoms with Crippen LogP contribution in [0.1, 0.15) is 23.2 Å². The van der Waals surface area contributed by atoms with E-state index in [2.05, 4.69) is 25.5 Å². The van der Waals surface area contributed by atoms with Crippen molar-refractivity contribution in [3.63, 3.8) is 0 Å². The number of anilines is 3. The van der Waals surface area contributed by atoms with Gasteiger partial charge < -0.3 is 20.3 Å². The molecule has 31 heavy (non-hydrogen) atoms. The van der Waals surface area contributed by atoms with E-state index >= 15 is 0 Å². The van der Waals surface area contributed by atoms with Gasteiger partial charge in [-0.2, -0.15) is 4.98 Å². The van der Waals surface area contributed by atoms with E-state index in [1.54, 1.807) is 25.4 Å². The van der Waals surface area contributed by atoms with Crippen LogP contribution < -0.4 is 20.3 Å². The molecule has 1 amide bonds. The Morgan fingerprint density at radius 3 is 2.61 bits per heavy atom. The Bertz CT molecular complexity index is 1050. The maximum Gasteiger partial charge on any atom is 0.253 e. The number of piperidine rings is 1. The number of nitrogens with zero attached hydrogens (tertiary/aromatic N) is 3. The van der Waals surface area contributed by atoms with Gasteiger partial charge in [-0.3, -0.25) is 4.79 Å². The minimum atomic E-state index is -0.136. The quantitative estimate of drug-likeness (QED) is 0.599. The molecule has 1 saturated heterocycles. The first-order valence-corrected chi connectivity index (χ1v) is 10.6. The Kier molecular flexibility index (Phi) is 6.52. The molecule has 0 bridgehead atoms. The number of aromatic nitrogens is 2. The SMILES string of the molecule is COc1ccccc1Nc1ccnc(N2CCC(NC(=O)c3ccccc3Cl)CC2)n1. The predicted molar refractivity (Wildman–Crippen MR) is 122 cm³/mol. The molecule has 0 spiro atoms. The number of hydrogen-bond donors (Lipinski definition) is 2. The summed E-state index contributed by atoms with van der Waals surface area (Å²) in [5, 5.41) is 6.84. The minimum Gasteiger partial charge on any atom is -0.495 e. The van der Waals surface area contributed by atoms with Crippen molar-refractivity contribution < 1.29 is 9.53 Å². The van der Waals surface area contributed by atoms with Crippen LogP contribution in [0.3, 0.4) is 0 Å². The van der Waals surface area contributed by atoms with Crippen molar-refractivity contribution >= 4 is 35.0 Å². The van der Waals surface area contributed by atoms with Crippen molar-refractivity contribution in [2.75, 3.05) is 30.4 Å². The lowest BCUT2D eigenvalue weighted by Gasteiger charge is -2.32. The normalized spacial score (nSPS) is 14.2. The van der Waals surface area contributed by atoms with Crippen molar-refractivity contribution in [1.29, 1.82) is 0 Å². The molecule has 7 nitrogen and oxygen atoms in total. The van der Waals surface area contributed by atoms with Crippen molar-refractivity contribution in [3.05, 3.63) is 71.4 Å². The van der Waals surface area contributed by atoms with Gasteiger partial charge in [0.05, 0.1) is 23.4 Å². The number of ether oxygens (including phenoxy) is 1. The van der Waals surface area contributed by atoms with Gasteiger partial charge in [-0.1, -0.05) is 35.9 Å². The Hall–Kier alpha value is -3.32. The Labute approximate surface area is 186 Å². The highest BCUT2D eigenvalue weighted by molar-refractivity contribution is 6.33. The highest BCUT2D eigenvalue weighted by Crippen LogP contribution is 2.27. The van der Waals surface area contributed by atoms with Gasteiger partial charge in [-0.25, -0.2) is 4.98 Å². The number of nitrogens with one attached hydrogen (secondary N) is 2. The van der Waals surface area contributed by atoms with Crippen molar-refractivity contribution in [2.24, 2.45) is 0 Å². The fourth-order valence-corrected chi connectivity index (χ4v) is 3.81. The first-order valence-electron chi connectivity index (χ1n) is 10.2. The van der Waals surface area contributed by atoms with Gasteiger partial charge in [-0.15, -0.1) is 0 Å². The average molecular weight is 438 g/mol. The predicted octanol–water partition coefficient (Wildman–Crippen LogP) is 4.28. The molecule has 160 valence electrons. The summed E-state index contributed by atoms with van der Waals surface area (Å²) in [5.41, 5.74) is 1.35. The van der Waals surface area contributed by atoms with Crippen molar-refractivity contribution in [1.82, 2.24) is 15.3 Å². The third kappa shape index (κ3) is 5.06. The van der Waals surface area contributed by atoms with Gasteiger partial charge in [0.2, 0.25) is 5.95 Å². The third-order valence-electron chi connectivity index (χ3n) is 5.24. The second kappa shape index (κ2) is 9.66. The van der Waals surface area contributed by atoms with E-state index < -0.39 is 0 Å². The van der Waals surface area contributed by atoms with E-state index in [4.69, 9.17) is 16.3 Å². The number of methoxy groups -OCH3 is 1. The Morgan fingerprint density at radius 1 is 1.10 bits per heavy atom. The first-order chi connectivity index (χ1) is 15.1. The minimum absolute atomic E-state index is 0.0925. The van der Waals surface area contributed by atoms with E-state index in [-0.39, 0.29) is 11.9 Å². The van der Waals surface area contributed by atoms with Crippen LogP contribution in [0.2, 0.25) is 5.02 Å². The second-order valence-corrected chi connectivity index (χ2v) is 7.69. The maximum absolute atomic E-state index is 12.5. The molecule has 4 rings (SSSR count). The molecule has 1 aliphatic rings. The maximum atomic E-state index is 12.5. The van der Waals surface area contributed by atoms with Crippen LogP contribution in [0.25, 0.3) is 0 Å². The fraction of sp³-hybridized carbons (Fsp3) is 0.261. The number of amides is 1. The molecule has 0 saturated carbocycles. The molecule has 0 unspecified atom stereocenters. The number of para-hydroxylation sites is 2. The van der Waals surface area contributed by atoms with Crippen LogP contribution in [-0.4, -0.2) is 42.1 Å². The third-order valence-corrected chi connectivity index (χ3v) is 5.57. The zero-order chi connectivity index (χ0) is 21.6. The van der Waals surface area contributed by atoms with E-state index in [0.29, 0.717) is 22.4 Å². The van der Waals surface area contributed by atoms with E-state index in [1.807, 2.05) is 42.5 Å². The fourth-order valence-electron chi connectivity index (χ4n) is 3.59. The summed E-state index contributed by atoms with van der Waals surface area (Å²) in [7, 11) is 1.64. The second-order valence-electron chi connectivity index (χ2n) is 7.28. The summed E-state index contributed by atoms with van der Waals surface area (Å²) in [6.07, 6.45) is 3.36. The monoisotopic (exact) mass is 437 g/mol. The molecule has 8 heteroatoms. The molecular formula is C23H24ClN5O2. The first kappa shape index (κ1) is 20.9. The van der Waals surface area contributed by atoms with Crippen molar-refractivity contribution in [2.45, 2.75) is 18.9 Å². The number of halogens is 1. The van der Waals surface area contributed by atoms with Gasteiger partial charge in [-0.05, 0) is 43.2 Å². The van der Waals surface area contributed by atoms with Crippen LogP contribution >= 0.6 is 11.6 Å². The molecule has 2 N–H and O–H groups in total. The van der Waals surface area contributed by atoms with Crippen LogP contribution in [0.5, 0.6) is 5.75 Å². The molecular weight excluding hydrogens is 414 g/mol. The van der Waals surface area contributed by atoms with Crippen molar-refractivity contribution in [3.8, 4) is 5.75 Å². The molecule has 2 aromatic carbocycles. The Balaban J connectivity index is 1.36. The number of carbonyl (C=O) groups excluding carboxylic acids is 1. The molecule has 1 aliphatic heterocycles. The van der Waals surface area contributed by atoms with Gasteiger partial charge >= 0.3 is 0 Å². The van der Waals surface area contributed by atoms with Crippen LogP contribution in [-0.2, 0) is 0 Å². The molecule has 2 heterocycles. The van der Waals surface area contributed by atoms with Crippen LogP contribution in [0.15, 0.2) is 60.8 Å². The average Bonchev–Trinajstić information content (AvgIpc) is 2.80. The van der Waals surface area contributed by atoms with Gasteiger partial charge in [0, 0.05) is 25.3 Å². The van der Waals surface area contributed by atoms with Gasteiger partial charge in [0.15, 0.2) is 0 Å². The molecule has 0 radical (unpaired) electrons. The summed E-state index contributed by atoms with van der Waals surface area (Å²) >= 11 is 6.13. The topological polar surface area (TPSA) is 79.4 Å². The number of rotatable bonds is 6. The van der Waals surface area contributed by atoms with Crippen LogP contribution in [0.4, 0.5) is 17.5 Å². The summed E-state index contributed by atoms with van der Waals surface area (Å²) in [6, 6.07) is 16.7. The van der Waals surface area contributed by atoms with Crippen LogP contribution in [0, 0.1) is 0 Å². The summed E-state index contributed by atoms with van der Waals surface area (Å²) in [6.45, 7) is 1.51. The summed E-state index contributed by atoms with van der Waals surface area (Å²) < 4.78 is 5.39. The highest BCUT2D eigenvalue weighted by atomic mass is 35.5. The number of benzene rings is 2. The smallest absolute Gasteiger partial charge is 0.253 e.